The number of rotatable bonds is 3. The van der Waals surface area contributed by atoms with Crippen LogP contribution in [0.1, 0.15) is 46.5 Å². The van der Waals surface area contributed by atoms with Crippen LogP contribution in [0.15, 0.2) is 0 Å². The lowest BCUT2D eigenvalue weighted by Crippen LogP contribution is -2.53. The third-order valence-electron chi connectivity index (χ3n) is 3.96. The quantitative estimate of drug-likeness (QED) is 0.743. The van der Waals surface area contributed by atoms with Crippen molar-refractivity contribution in [3.8, 4) is 0 Å². The summed E-state index contributed by atoms with van der Waals surface area (Å²) in [5.41, 5.74) is 0.484. The highest BCUT2D eigenvalue weighted by atomic mass is 15.2. The Bertz CT molecular complexity index is 196. The molecule has 2 nitrogen and oxygen atoms in total. The summed E-state index contributed by atoms with van der Waals surface area (Å²) in [6, 6.07) is 1.47. The third-order valence-corrected chi connectivity index (χ3v) is 3.96. The monoisotopic (exact) mass is 196 g/mol. The molecule has 1 aliphatic carbocycles. The zero-order valence-electron chi connectivity index (χ0n) is 9.84. The number of hydrogen-bond acceptors (Lipinski definition) is 2. The standard InChI is InChI=1S/C12H24N2/c1-10(2)14-8-5-11(9-14)13-12(3)6-4-7-12/h10-11,13H,4-9H2,1-3H3. The highest BCUT2D eigenvalue weighted by Crippen LogP contribution is 2.32. The summed E-state index contributed by atoms with van der Waals surface area (Å²) in [5.74, 6) is 0. The summed E-state index contributed by atoms with van der Waals surface area (Å²) in [6.45, 7) is 9.52. The molecule has 1 heterocycles. The molecule has 2 heteroatoms. The molecule has 2 rings (SSSR count). The van der Waals surface area contributed by atoms with Gasteiger partial charge in [-0.2, -0.15) is 0 Å². The summed E-state index contributed by atoms with van der Waals surface area (Å²) in [5, 5.41) is 3.83. The van der Waals surface area contributed by atoms with Crippen LogP contribution < -0.4 is 5.32 Å². The topological polar surface area (TPSA) is 15.3 Å². The predicted molar refractivity (Wildman–Crippen MR) is 60.5 cm³/mol. The average Bonchev–Trinajstić information content (AvgIpc) is 2.50. The lowest BCUT2D eigenvalue weighted by Gasteiger charge is -2.41. The maximum Gasteiger partial charge on any atom is 0.0212 e. The van der Waals surface area contributed by atoms with Gasteiger partial charge in [0.1, 0.15) is 0 Å². The molecule has 1 aliphatic heterocycles. The van der Waals surface area contributed by atoms with E-state index in [1.807, 2.05) is 0 Å². The number of likely N-dealkylation sites (tertiary alicyclic amines) is 1. The van der Waals surface area contributed by atoms with E-state index in [9.17, 15) is 0 Å². The van der Waals surface area contributed by atoms with E-state index in [0.717, 1.165) is 12.1 Å². The van der Waals surface area contributed by atoms with Crippen molar-refractivity contribution in [3.05, 3.63) is 0 Å². The summed E-state index contributed by atoms with van der Waals surface area (Å²) in [4.78, 5) is 2.58. The smallest absolute Gasteiger partial charge is 0.0212 e. The van der Waals surface area contributed by atoms with Crippen molar-refractivity contribution >= 4 is 0 Å². The molecule has 0 aromatic rings. The Morgan fingerprint density at radius 2 is 2.07 bits per heavy atom. The van der Waals surface area contributed by atoms with E-state index in [4.69, 9.17) is 0 Å². The van der Waals surface area contributed by atoms with Crippen LogP contribution in [0.25, 0.3) is 0 Å². The van der Waals surface area contributed by atoms with Crippen molar-refractivity contribution < 1.29 is 0 Å². The van der Waals surface area contributed by atoms with Gasteiger partial charge in [0.15, 0.2) is 0 Å². The molecule has 1 unspecified atom stereocenters. The number of nitrogens with one attached hydrogen (secondary N) is 1. The summed E-state index contributed by atoms with van der Waals surface area (Å²) in [6.07, 6.45) is 5.52. The molecule has 82 valence electrons. The lowest BCUT2D eigenvalue weighted by molar-refractivity contribution is 0.180. The number of hydrogen-bond donors (Lipinski definition) is 1. The van der Waals surface area contributed by atoms with Crippen molar-refractivity contribution in [2.24, 2.45) is 0 Å². The van der Waals surface area contributed by atoms with Gasteiger partial charge in [0, 0.05) is 24.2 Å². The molecule has 2 aliphatic rings. The van der Waals surface area contributed by atoms with E-state index >= 15 is 0 Å². The molecule has 0 aromatic carbocycles. The van der Waals surface area contributed by atoms with Crippen molar-refractivity contribution in [1.29, 1.82) is 0 Å². The maximum atomic E-state index is 3.83. The minimum atomic E-state index is 0.484. The molecular weight excluding hydrogens is 172 g/mol. The van der Waals surface area contributed by atoms with Gasteiger partial charge < -0.3 is 5.32 Å². The first kappa shape index (κ1) is 10.4. The van der Waals surface area contributed by atoms with Gasteiger partial charge >= 0.3 is 0 Å². The van der Waals surface area contributed by atoms with Crippen molar-refractivity contribution in [2.45, 2.75) is 64.1 Å². The normalized spacial score (nSPS) is 32.1. The molecule has 1 saturated heterocycles. The van der Waals surface area contributed by atoms with Gasteiger partial charge in [0.05, 0.1) is 0 Å². The van der Waals surface area contributed by atoms with Gasteiger partial charge in [-0.3, -0.25) is 4.90 Å². The van der Waals surface area contributed by atoms with Gasteiger partial charge in [-0.1, -0.05) is 0 Å². The zero-order chi connectivity index (χ0) is 10.2. The minimum Gasteiger partial charge on any atom is -0.307 e. The van der Waals surface area contributed by atoms with E-state index in [2.05, 4.69) is 31.0 Å². The van der Waals surface area contributed by atoms with Crippen molar-refractivity contribution in [2.75, 3.05) is 13.1 Å². The Hall–Kier alpha value is -0.0800. The van der Waals surface area contributed by atoms with Gasteiger partial charge in [0.2, 0.25) is 0 Å². The van der Waals surface area contributed by atoms with E-state index in [0.29, 0.717) is 5.54 Å². The molecule has 1 atom stereocenters. The molecule has 0 aromatic heterocycles. The van der Waals surface area contributed by atoms with Crippen LogP contribution in [-0.4, -0.2) is 35.6 Å². The van der Waals surface area contributed by atoms with E-state index in [1.165, 1.54) is 38.8 Å². The maximum absolute atomic E-state index is 3.83. The van der Waals surface area contributed by atoms with Gasteiger partial charge in [-0.25, -0.2) is 0 Å². The second-order valence-corrected chi connectivity index (χ2v) is 5.63. The third kappa shape index (κ3) is 2.12. The van der Waals surface area contributed by atoms with E-state index < -0.39 is 0 Å². The first-order chi connectivity index (χ1) is 6.59. The minimum absolute atomic E-state index is 0.484. The van der Waals surface area contributed by atoms with Gasteiger partial charge in [0.25, 0.3) is 0 Å². The molecule has 0 amide bonds. The Balaban J connectivity index is 1.78. The molecule has 0 bridgehead atoms. The molecule has 14 heavy (non-hydrogen) atoms. The summed E-state index contributed by atoms with van der Waals surface area (Å²) >= 11 is 0. The molecule has 1 saturated carbocycles. The van der Waals surface area contributed by atoms with Gasteiger partial charge in [-0.15, -0.1) is 0 Å². The Morgan fingerprint density at radius 3 is 2.50 bits per heavy atom. The Kier molecular flexibility index (Phi) is 2.85. The first-order valence-corrected chi connectivity index (χ1v) is 6.11. The molecular formula is C12H24N2. The molecule has 2 fully saturated rings. The van der Waals surface area contributed by atoms with Crippen molar-refractivity contribution in [3.63, 3.8) is 0 Å². The van der Waals surface area contributed by atoms with Crippen LogP contribution in [0.5, 0.6) is 0 Å². The summed E-state index contributed by atoms with van der Waals surface area (Å²) in [7, 11) is 0. The van der Waals surface area contributed by atoms with Crippen LogP contribution in [0.4, 0.5) is 0 Å². The fraction of sp³-hybridized carbons (Fsp3) is 1.00. The zero-order valence-corrected chi connectivity index (χ0v) is 9.84. The Labute approximate surface area is 88.1 Å². The fourth-order valence-electron chi connectivity index (χ4n) is 2.72. The molecule has 0 spiro atoms. The highest BCUT2D eigenvalue weighted by molar-refractivity contribution is 4.96. The van der Waals surface area contributed by atoms with Crippen LogP contribution in [0, 0.1) is 0 Å². The van der Waals surface area contributed by atoms with Crippen LogP contribution in [0.2, 0.25) is 0 Å². The molecule has 0 radical (unpaired) electrons. The van der Waals surface area contributed by atoms with Crippen LogP contribution >= 0.6 is 0 Å². The molecule has 1 N–H and O–H groups in total. The highest BCUT2D eigenvalue weighted by Gasteiger charge is 2.35. The lowest BCUT2D eigenvalue weighted by atomic mass is 9.78. The Morgan fingerprint density at radius 1 is 1.36 bits per heavy atom. The van der Waals surface area contributed by atoms with Crippen molar-refractivity contribution in [1.82, 2.24) is 10.2 Å². The average molecular weight is 196 g/mol. The largest absolute Gasteiger partial charge is 0.307 e. The second kappa shape index (κ2) is 3.82. The number of nitrogens with zero attached hydrogens (tertiary/aromatic N) is 1. The fourth-order valence-corrected chi connectivity index (χ4v) is 2.72. The SMILES string of the molecule is CC(C)N1CCC(NC2(C)CCC2)C1. The predicted octanol–water partition coefficient (Wildman–Crippen LogP) is 2.00. The van der Waals surface area contributed by atoms with E-state index in [1.54, 1.807) is 0 Å². The second-order valence-electron chi connectivity index (χ2n) is 5.63. The van der Waals surface area contributed by atoms with E-state index in [-0.39, 0.29) is 0 Å². The van der Waals surface area contributed by atoms with Crippen LogP contribution in [-0.2, 0) is 0 Å². The van der Waals surface area contributed by atoms with Crippen LogP contribution in [0.3, 0.4) is 0 Å². The summed E-state index contributed by atoms with van der Waals surface area (Å²) < 4.78 is 0. The van der Waals surface area contributed by atoms with Gasteiger partial charge in [-0.05, 0) is 53.0 Å². The first-order valence-electron chi connectivity index (χ1n) is 6.11.